The third kappa shape index (κ3) is 4.29. The Bertz CT molecular complexity index is 1210. The predicted octanol–water partition coefficient (Wildman–Crippen LogP) is 4.22. The van der Waals surface area contributed by atoms with Crippen molar-refractivity contribution in [2.45, 2.75) is 6.23 Å². The number of carbonyl (C=O) groups is 2. The van der Waals surface area contributed by atoms with E-state index >= 15 is 0 Å². The molecule has 0 spiro atoms. The normalized spacial score (nSPS) is 15.2. The Morgan fingerprint density at radius 3 is 2.45 bits per heavy atom. The number of nitrogens with zero attached hydrogens (tertiary/aromatic N) is 2. The molecule has 0 bridgehead atoms. The van der Waals surface area contributed by atoms with Crippen molar-refractivity contribution in [2.24, 2.45) is 4.99 Å². The number of halogens is 1. The largest absolute Gasteiger partial charge is 0.426 e. The molecule has 1 aliphatic heterocycles. The minimum atomic E-state index is -1.47. The lowest BCUT2D eigenvalue weighted by molar-refractivity contribution is -0.384. The van der Waals surface area contributed by atoms with Crippen LogP contribution in [0.2, 0.25) is 5.02 Å². The average Bonchev–Trinajstić information content (AvgIpc) is 2.91. The van der Waals surface area contributed by atoms with E-state index in [2.05, 4.69) is 10.3 Å². The van der Waals surface area contributed by atoms with Crippen LogP contribution in [0.1, 0.15) is 21.5 Å². The lowest BCUT2D eigenvalue weighted by atomic mass is 10.0. The van der Waals surface area contributed by atoms with Crippen LogP contribution in [0.15, 0.2) is 77.8 Å². The number of hydrogen-bond donors (Lipinski definition) is 1. The van der Waals surface area contributed by atoms with Gasteiger partial charge < -0.3 is 10.1 Å². The summed E-state index contributed by atoms with van der Waals surface area (Å²) < 4.78 is 5.34. The molecule has 1 heterocycles. The zero-order valence-corrected chi connectivity index (χ0v) is 16.6. The third-order valence-electron chi connectivity index (χ3n) is 4.54. The molecule has 1 N–H and O–H groups in total. The molecule has 8 nitrogen and oxygen atoms in total. The minimum absolute atomic E-state index is 0.0552. The molecule has 154 valence electrons. The van der Waals surface area contributed by atoms with Crippen LogP contribution in [0.3, 0.4) is 0 Å². The Kier molecular flexibility index (Phi) is 5.46. The van der Waals surface area contributed by atoms with Crippen LogP contribution in [0.25, 0.3) is 0 Å². The number of hydrogen-bond acceptors (Lipinski definition) is 6. The molecule has 1 aliphatic rings. The molecule has 0 radical (unpaired) electrons. The Balaban J connectivity index is 1.70. The summed E-state index contributed by atoms with van der Waals surface area (Å²) in [6, 6.07) is 18.9. The van der Waals surface area contributed by atoms with Gasteiger partial charge in [0.05, 0.1) is 21.9 Å². The number of non-ortho nitro benzene ring substituents is 1. The van der Waals surface area contributed by atoms with Crippen molar-refractivity contribution >= 4 is 40.6 Å². The monoisotopic (exact) mass is 435 g/mol. The van der Waals surface area contributed by atoms with E-state index in [-0.39, 0.29) is 11.3 Å². The highest BCUT2D eigenvalue weighted by Gasteiger charge is 2.29. The summed E-state index contributed by atoms with van der Waals surface area (Å²) >= 11 is 6.15. The van der Waals surface area contributed by atoms with E-state index in [1.807, 2.05) is 30.3 Å². The van der Waals surface area contributed by atoms with Crippen LogP contribution in [0, 0.1) is 10.1 Å². The summed E-state index contributed by atoms with van der Waals surface area (Å²) in [5.41, 5.74) is 2.09. The summed E-state index contributed by atoms with van der Waals surface area (Å²) in [6.07, 6.45) is -1.47. The minimum Gasteiger partial charge on any atom is -0.426 e. The lowest BCUT2D eigenvalue weighted by Gasteiger charge is -2.12. The first kappa shape index (κ1) is 20.2. The Labute approximate surface area is 181 Å². The number of nitrogens with one attached hydrogen (secondary N) is 1. The molecule has 1 unspecified atom stereocenters. The first-order valence-electron chi connectivity index (χ1n) is 9.12. The van der Waals surface area contributed by atoms with Gasteiger partial charge in [-0.05, 0) is 30.3 Å². The second kappa shape index (κ2) is 8.37. The molecule has 9 heteroatoms. The standard InChI is InChI=1S/C22H14ClN3O5/c23-15-8-11-18-17(12-15)19(13-4-2-1-3-5-13)25-21(20(27)24-18)31-22(28)14-6-9-16(10-7-14)26(29)30/h1-12,21H,(H,24,27). The topological polar surface area (TPSA) is 111 Å². The number of aliphatic imine (C=N–C) groups is 1. The van der Waals surface area contributed by atoms with Crippen molar-refractivity contribution in [1.29, 1.82) is 0 Å². The van der Waals surface area contributed by atoms with Crippen LogP contribution in [0.5, 0.6) is 0 Å². The van der Waals surface area contributed by atoms with Crippen molar-refractivity contribution in [1.82, 2.24) is 0 Å². The summed E-state index contributed by atoms with van der Waals surface area (Å²) in [4.78, 5) is 39.9. The summed E-state index contributed by atoms with van der Waals surface area (Å²) in [5.74, 6) is -1.47. The molecular formula is C22H14ClN3O5. The van der Waals surface area contributed by atoms with Gasteiger partial charge in [0.15, 0.2) is 0 Å². The third-order valence-corrected chi connectivity index (χ3v) is 4.78. The number of benzene rings is 3. The molecular weight excluding hydrogens is 422 g/mol. The van der Waals surface area contributed by atoms with Gasteiger partial charge in [0.2, 0.25) is 0 Å². The fraction of sp³-hybridized carbons (Fsp3) is 0.0455. The lowest BCUT2D eigenvalue weighted by Crippen LogP contribution is -2.30. The molecule has 31 heavy (non-hydrogen) atoms. The highest BCUT2D eigenvalue weighted by atomic mass is 35.5. The summed E-state index contributed by atoms with van der Waals surface area (Å²) in [7, 11) is 0. The first-order chi connectivity index (χ1) is 14.9. The van der Waals surface area contributed by atoms with Gasteiger partial charge in [0.1, 0.15) is 0 Å². The van der Waals surface area contributed by atoms with Gasteiger partial charge in [0, 0.05) is 28.3 Å². The molecule has 0 aromatic heterocycles. The Morgan fingerprint density at radius 2 is 1.77 bits per heavy atom. The van der Waals surface area contributed by atoms with Crippen LogP contribution in [-0.2, 0) is 9.53 Å². The highest BCUT2D eigenvalue weighted by Crippen LogP contribution is 2.28. The predicted molar refractivity (Wildman–Crippen MR) is 114 cm³/mol. The summed E-state index contributed by atoms with van der Waals surface area (Å²) in [5, 5.41) is 14.0. The Hall–Kier alpha value is -4.04. The van der Waals surface area contributed by atoms with Gasteiger partial charge >= 0.3 is 5.97 Å². The van der Waals surface area contributed by atoms with Crippen molar-refractivity contribution in [3.05, 3.63) is 105 Å². The van der Waals surface area contributed by atoms with Crippen molar-refractivity contribution in [3.8, 4) is 0 Å². The molecule has 1 amide bonds. The molecule has 3 aromatic rings. The van der Waals surface area contributed by atoms with Crippen LogP contribution in [-0.4, -0.2) is 28.7 Å². The van der Waals surface area contributed by atoms with Crippen LogP contribution < -0.4 is 5.32 Å². The number of ether oxygens (including phenoxy) is 1. The first-order valence-corrected chi connectivity index (χ1v) is 9.49. The number of rotatable bonds is 4. The quantitative estimate of drug-likeness (QED) is 0.374. The van der Waals surface area contributed by atoms with E-state index in [9.17, 15) is 19.7 Å². The van der Waals surface area contributed by atoms with E-state index in [4.69, 9.17) is 16.3 Å². The number of esters is 1. The number of carbonyl (C=O) groups excluding carboxylic acids is 2. The number of nitro benzene ring substituents is 1. The number of fused-ring (bicyclic) bond motifs is 1. The van der Waals surface area contributed by atoms with E-state index in [1.54, 1.807) is 18.2 Å². The molecule has 0 saturated carbocycles. The zero-order valence-electron chi connectivity index (χ0n) is 15.8. The van der Waals surface area contributed by atoms with Gasteiger partial charge in [-0.25, -0.2) is 9.79 Å². The molecule has 0 saturated heterocycles. The molecule has 3 aromatic carbocycles. The van der Waals surface area contributed by atoms with Crippen molar-refractivity contribution in [2.75, 3.05) is 5.32 Å². The average molecular weight is 436 g/mol. The van der Waals surface area contributed by atoms with Crippen LogP contribution >= 0.6 is 11.6 Å². The second-order valence-corrected chi connectivity index (χ2v) is 7.02. The van der Waals surface area contributed by atoms with Gasteiger partial charge in [-0.2, -0.15) is 0 Å². The Morgan fingerprint density at radius 1 is 1.06 bits per heavy atom. The highest BCUT2D eigenvalue weighted by molar-refractivity contribution is 6.32. The molecule has 4 rings (SSSR count). The van der Waals surface area contributed by atoms with Crippen molar-refractivity contribution < 1.29 is 19.2 Å². The van der Waals surface area contributed by atoms with Gasteiger partial charge in [-0.3, -0.25) is 14.9 Å². The van der Waals surface area contributed by atoms with E-state index in [0.717, 1.165) is 0 Å². The fourth-order valence-electron chi connectivity index (χ4n) is 3.06. The molecule has 0 aliphatic carbocycles. The van der Waals surface area contributed by atoms with Gasteiger partial charge in [-0.15, -0.1) is 0 Å². The van der Waals surface area contributed by atoms with Crippen molar-refractivity contribution in [3.63, 3.8) is 0 Å². The smallest absolute Gasteiger partial charge is 0.340 e. The zero-order chi connectivity index (χ0) is 22.0. The molecule has 1 atom stereocenters. The maximum absolute atomic E-state index is 12.7. The number of anilines is 1. The van der Waals surface area contributed by atoms with E-state index < -0.39 is 23.0 Å². The molecule has 0 fully saturated rings. The van der Waals surface area contributed by atoms with Gasteiger partial charge in [-0.1, -0.05) is 41.9 Å². The number of benzodiazepines with no additional fused rings is 1. The van der Waals surface area contributed by atoms with E-state index in [1.165, 1.54) is 24.3 Å². The van der Waals surface area contributed by atoms with E-state index in [0.29, 0.717) is 27.5 Å². The van der Waals surface area contributed by atoms with Crippen LogP contribution in [0.4, 0.5) is 11.4 Å². The second-order valence-electron chi connectivity index (χ2n) is 6.58. The van der Waals surface area contributed by atoms with Gasteiger partial charge in [0.25, 0.3) is 17.8 Å². The maximum Gasteiger partial charge on any atom is 0.340 e. The maximum atomic E-state index is 12.7. The SMILES string of the molecule is O=C(OC1N=C(c2ccccc2)c2cc(Cl)ccc2NC1=O)c1ccc([N+](=O)[O-])cc1. The number of amides is 1. The number of nitro groups is 1. The fourth-order valence-corrected chi connectivity index (χ4v) is 3.23. The summed E-state index contributed by atoms with van der Waals surface area (Å²) in [6.45, 7) is 0.